The molecule has 1 rings (SSSR count). The van der Waals surface area contributed by atoms with Crippen LogP contribution in [0, 0.1) is 0 Å². The fourth-order valence-corrected chi connectivity index (χ4v) is 3.58. The standard InChI is InChI=1S/C15H27N3O2S/c1-5-16-10-14-6-8-15(9-7-14)12-21(19,20)17-13(2)11-18(3)4/h6-9,13,16-17H,5,10-12H2,1-4H3. The summed E-state index contributed by atoms with van der Waals surface area (Å²) in [7, 11) is 0.547. The lowest BCUT2D eigenvalue weighted by Gasteiger charge is -2.18. The van der Waals surface area contributed by atoms with E-state index in [0.717, 1.165) is 24.2 Å². The van der Waals surface area contributed by atoms with Gasteiger partial charge in [0, 0.05) is 19.1 Å². The first-order valence-corrected chi connectivity index (χ1v) is 8.91. The predicted octanol–water partition coefficient (Wildman–Crippen LogP) is 1.17. The van der Waals surface area contributed by atoms with Gasteiger partial charge in [0.15, 0.2) is 0 Å². The quantitative estimate of drug-likeness (QED) is 0.718. The molecule has 0 aliphatic carbocycles. The molecular formula is C15H27N3O2S. The zero-order valence-corrected chi connectivity index (χ0v) is 14.2. The van der Waals surface area contributed by atoms with E-state index in [9.17, 15) is 8.42 Å². The highest BCUT2D eigenvalue weighted by atomic mass is 32.2. The SMILES string of the molecule is CCNCc1ccc(CS(=O)(=O)NC(C)CN(C)C)cc1. The van der Waals surface area contributed by atoms with Gasteiger partial charge in [-0.05, 0) is 38.7 Å². The molecule has 0 radical (unpaired) electrons. The average Bonchev–Trinajstić information content (AvgIpc) is 2.35. The minimum absolute atomic E-state index is 0.0201. The number of rotatable bonds is 9. The Hall–Kier alpha value is -0.950. The number of hydrogen-bond acceptors (Lipinski definition) is 4. The maximum absolute atomic E-state index is 12.1. The van der Waals surface area contributed by atoms with Crippen molar-refractivity contribution in [3.63, 3.8) is 0 Å². The van der Waals surface area contributed by atoms with Crippen LogP contribution >= 0.6 is 0 Å². The molecule has 0 saturated carbocycles. The van der Waals surface area contributed by atoms with E-state index in [1.165, 1.54) is 0 Å². The lowest BCUT2D eigenvalue weighted by molar-refractivity contribution is 0.370. The van der Waals surface area contributed by atoms with Crippen LogP contribution in [0.25, 0.3) is 0 Å². The molecule has 1 aromatic rings. The molecule has 0 spiro atoms. The number of sulfonamides is 1. The van der Waals surface area contributed by atoms with Crippen molar-refractivity contribution in [3.05, 3.63) is 35.4 Å². The van der Waals surface area contributed by atoms with Gasteiger partial charge in [0.25, 0.3) is 0 Å². The lowest BCUT2D eigenvalue weighted by atomic mass is 10.1. The summed E-state index contributed by atoms with van der Waals surface area (Å²) in [5, 5.41) is 3.24. The van der Waals surface area contributed by atoms with Crippen LogP contribution in [0.4, 0.5) is 0 Å². The Morgan fingerprint density at radius 3 is 2.24 bits per heavy atom. The molecule has 0 aliphatic rings. The first kappa shape index (κ1) is 18.1. The zero-order valence-electron chi connectivity index (χ0n) is 13.4. The molecular weight excluding hydrogens is 286 g/mol. The predicted molar refractivity (Wildman–Crippen MR) is 87.6 cm³/mol. The number of nitrogens with one attached hydrogen (secondary N) is 2. The minimum atomic E-state index is -3.30. The lowest BCUT2D eigenvalue weighted by Crippen LogP contribution is -2.40. The summed E-state index contributed by atoms with van der Waals surface area (Å²) < 4.78 is 26.9. The first-order valence-electron chi connectivity index (χ1n) is 7.25. The number of nitrogens with zero attached hydrogens (tertiary/aromatic N) is 1. The Labute approximate surface area is 128 Å². The van der Waals surface area contributed by atoms with Crippen molar-refractivity contribution in [3.8, 4) is 0 Å². The molecule has 0 aliphatic heterocycles. The summed E-state index contributed by atoms with van der Waals surface area (Å²) in [6, 6.07) is 7.59. The van der Waals surface area contributed by atoms with Crippen molar-refractivity contribution < 1.29 is 8.42 Å². The highest BCUT2D eigenvalue weighted by Gasteiger charge is 2.15. The number of likely N-dealkylation sites (N-methyl/N-ethyl adjacent to an activating group) is 1. The Morgan fingerprint density at radius 1 is 1.14 bits per heavy atom. The van der Waals surface area contributed by atoms with Gasteiger partial charge < -0.3 is 10.2 Å². The summed E-state index contributed by atoms with van der Waals surface area (Å²) in [5.41, 5.74) is 1.96. The second-order valence-corrected chi connectivity index (χ2v) is 7.39. The van der Waals surface area contributed by atoms with Crippen LogP contribution in [0.5, 0.6) is 0 Å². The Balaban J connectivity index is 2.58. The van der Waals surface area contributed by atoms with Crippen molar-refractivity contribution >= 4 is 10.0 Å². The van der Waals surface area contributed by atoms with Crippen molar-refractivity contribution in [2.75, 3.05) is 27.2 Å². The molecule has 2 N–H and O–H groups in total. The van der Waals surface area contributed by atoms with Gasteiger partial charge in [0.2, 0.25) is 10.0 Å². The molecule has 1 unspecified atom stereocenters. The normalized spacial score (nSPS) is 13.6. The van der Waals surface area contributed by atoms with Crippen LogP contribution in [-0.2, 0) is 22.3 Å². The van der Waals surface area contributed by atoms with Crippen LogP contribution in [-0.4, -0.2) is 46.5 Å². The third kappa shape index (κ3) is 7.57. The molecule has 5 nitrogen and oxygen atoms in total. The van der Waals surface area contributed by atoms with Crippen LogP contribution in [0.3, 0.4) is 0 Å². The van der Waals surface area contributed by atoms with Gasteiger partial charge in [0.05, 0.1) is 5.75 Å². The summed E-state index contributed by atoms with van der Waals surface area (Å²) >= 11 is 0. The van der Waals surface area contributed by atoms with Crippen molar-refractivity contribution in [2.45, 2.75) is 32.2 Å². The first-order chi connectivity index (χ1) is 9.82. The van der Waals surface area contributed by atoms with Crippen LogP contribution < -0.4 is 10.0 Å². The molecule has 6 heteroatoms. The van der Waals surface area contributed by atoms with E-state index >= 15 is 0 Å². The zero-order chi connectivity index (χ0) is 15.9. The van der Waals surface area contributed by atoms with Gasteiger partial charge in [-0.15, -0.1) is 0 Å². The van der Waals surface area contributed by atoms with Crippen molar-refractivity contribution in [1.82, 2.24) is 14.9 Å². The topological polar surface area (TPSA) is 61.4 Å². The average molecular weight is 313 g/mol. The minimum Gasteiger partial charge on any atom is -0.313 e. The highest BCUT2D eigenvalue weighted by Crippen LogP contribution is 2.08. The molecule has 1 atom stereocenters. The van der Waals surface area contributed by atoms with Gasteiger partial charge >= 0.3 is 0 Å². The second-order valence-electron chi connectivity index (χ2n) is 5.64. The Kier molecular flexibility index (Phi) is 7.31. The molecule has 0 heterocycles. The fourth-order valence-electron chi connectivity index (χ4n) is 2.18. The van der Waals surface area contributed by atoms with E-state index in [-0.39, 0.29) is 11.8 Å². The molecule has 1 aromatic carbocycles. The summed E-state index contributed by atoms with van der Waals surface area (Å²) in [6.45, 7) is 6.34. The molecule has 21 heavy (non-hydrogen) atoms. The largest absolute Gasteiger partial charge is 0.313 e. The van der Waals surface area contributed by atoms with Crippen molar-refractivity contribution in [2.24, 2.45) is 0 Å². The number of hydrogen-bond donors (Lipinski definition) is 2. The molecule has 0 saturated heterocycles. The molecule has 0 amide bonds. The summed E-state index contributed by atoms with van der Waals surface area (Å²) in [5.74, 6) is 0.0201. The van der Waals surface area contributed by atoms with E-state index in [0.29, 0.717) is 6.54 Å². The highest BCUT2D eigenvalue weighted by molar-refractivity contribution is 7.88. The maximum Gasteiger partial charge on any atom is 0.216 e. The van der Waals surface area contributed by atoms with E-state index < -0.39 is 10.0 Å². The molecule has 0 fully saturated rings. The molecule has 120 valence electrons. The summed E-state index contributed by atoms with van der Waals surface area (Å²) in [4.78, 5) is 1.96. The number of benzene rings is 1. The van der Waals surface area contributed by atoms with Gasteiger partial charge in [-0.2, -0.15) is 0 Å². The molecule has 0 aromatic heterocycles. The third-order valence-corrected chi connectivity index (χ3v) is 4.45. The monoisotopic (exact) mass is 313 g/mol. The smallest absolute Gasteiger partial charge is 0.216 e. The maximum atomic E-state index is 12.1. The van der Waals surface area contributed by atoms with E-state index in [1.54, 1.807) is 0 Å². The fraction of sp³-hybridized carbons (Fsp3) is 0.600. The second kappa shape index (κ2) is 8.48. The van der Waals surface area contributed by atoms with Gasteiger partial charge in [-0.25, -0.2) is 13.1 Å². The van der Waals surface area contributed by atoms with E-state index in [1.807, 2.05) is 50.2 Å². The van der Waals surface area contributed by atoms with Gasteiger partial charge in [-0.3, -0.25) is 0 Å². The van der Waals surface area contributed by atoms with Gasteiger partial charge in [0.1, 0.15) is 0 Å². The van der Waals surface area contributed by atoms with Crippen molar-refractivity contribution in [1.29, 1.82) is 0 Å². The van der Waals surface area contributed by atoms with Gasteiger partial charge in [-0.1, -0.05) is 31.2 Å². The Bertz CT molecular complexity index is 512. The van der Waals surface area contributed by atoms with Crippen LogP contribution in [0.2, 0.25) is 0 Å². The van der Waals surface area contributed by atoms with Crippen LogP contribution in [0.1, 0.15) is 25.0 Å². The summed E-state index contributed by atoms with van der Waals surface area (Å²) in [6.07, 6.45) is 0. The Morgan fingerprint density at radius 2 is 1.71 bits per heavy atom. The van der Waals surface area contributed by atoms with E-state index in [4.69, 9.17) is 0 Å². The third-order valence-electron chi connectivity index (χ3n) is 2.98. The molecule has 0 bridgehead atoms. The van der Waals surface area contributed by atoms with E-state index in [2.05, 4.69) is 17.0 Å². The van der Waals surface area contributed by atoms with Crippen LogP contribution in [0.15, 0.2) is 24.3 Å².